The second-order valence-electron chi connectivity index (χ2n) is 6.61. The molecule has 128 valence electrons. The highest BCUT2D eigenvalue weighted by Crippen LogP contribution is 2.56. The Balaban J connectivity index is 1.75. The summed E-state index contributed by atoms with van der Waals surface area (Å²) >= 11 is 1.41. The van der Waals surface area contributed by atoms with Crippen molar-refractivity contribution in [1.29, 1.82) is 0 Å². The molecule has 2 amide bonds. The standard InChI is InChI=1S/C21H16N2O2S/c1-13-19(24)23(16-11-10-14-6-2-3-7-15(14)12-16)21(26-13)17-8-4-5-9-18(17)22-20(21)25/h2-13H,1H3,(H,22,25)/t13-,21-/m0/s1. The lowest BCUT2D eigenvalue weighted by Crippen LogP contribution is -2.47. The molecule has 1 saturated heterocycles. The summed E-state index contributed by atoms with van der Waals surface area (Å²) in [7, 11) is 0. The molecule has 0 aromatic heterocycles. The maximum atomic E-state index is 13.1. The van der Waals surface area contributed by atoms with Crippen LogP contribution in [0.3, 0.4) is 0 Å². The number of nitrogens with zero attached hydrogens (tertiary/aromatic N) is 1. The van der Waals surface area contributed by atoms with Crippen molar-refractivity contribution < 1.29 is 9.59 Å². The Hall–Kier alpha value is -2.79. The number of nitrogens with one attached hydrogen (secondary N) is 1. The molecule has 2 atom stereocenters. The van der Waals surface area contributed by atoms with Crippen LogP contribution < -0.4 is 10.2 Å². The predicted octanol–water partition coefficient (Wildman–Crippen LogP) is 4.11. The number of para-hydroxylation sites is 1. The van der Waals surface area contributed by atoms with Crippen LogP contribution in [0.15, 0.2) is 66.7 Å². The van der Waals surface area contributed by atoms with Crippen molar-refractivity contribution in [2.24, 2.45) is 0 Å². The van der Waals surface area contributed by atoms with Crippen LogP contribution in [-0.4, -0.2) is 17.1 Å². The first kappa shape index (κ1) is 15.5. The molecule has 1 fully saturated rings. The molecule has 5 heteroatoms. The number of fused-ring (bicyclic) bond motifs is 3. The van der Waals surface area contributed by atoms with Crippen LogP contribution in [0.25, 0.3) is 10.8 Å². The molecule has 26 heavy (non-hydrogen) atoms. The minimum atomic E-state index is -1.05. The third-order valence-electron chi connectivity index (χ3n) is 5.07. The van der Waals surface area contributed by atoms with Crippen molar-refractivity contribution in [1.82, 2.24) is 0 Å². The lowest BCUT2D eigenvalue weighted by Gasteiger charge is -2.32. The zero-order valence-corrected chi connectivity index (χ0v) is 14.9. The topological polar surface area (TPSA) is 49.4 Å². The van der Waals surface area contributed by atoms with E-state index in [1.807, 2.05) is 73.7 Å². The zero-order valence-electron chi connectivity index (χ0n) is 14.1. The maximum absolute atomic E-state index is 13.1. The molecule has 0 aliphatic carbocycles. The summed E-state index contributed by atoms with van der Waals surface area (Å²) < 4.78 is 0. The van der Waals surface area contributed by atoms with E-state index in [-0.39, 0.29) is 17.1 Å². The van der Waals surface area contributed by atoms with Gasteiger partial charge in [0.05, 0.1) is 5.25 Å². The van der Waals surface area contributed by atoms with Crippen LogP contribution in [0.5, 0.6) is 0 Å². The molecule has 2 aliphatic rings. The number of amides is 2. The summed E-state index contributed by atoms with van der Waals surface area (Å²) in [5, 5.41) is 4.81. The Labute approximate surface area is 155 Å². The van der Waals surface area contributed by atoms with Gasteiger partial charge in [0, 0.05) is 16.9 Å². The van der Waals surface area contributed by atoms with Crippen molar-refractivity contribution in [2.45, 2.75) is 17.0 Å². The van der Waals surface area contributed by atoms with Gasteiger partial charge in [0.2, 0.25) is 10.8 Å². The van der Waals surface area contributed by atoms with Gasteiger partial charge in [0.25, 0.3) is 5.91 Å². The fraction of sp³-hybridized carbons (Fsp3) is 0.143. The molecule has 4 nitrogen and oxygen atoms in total. The van der Waals surface area contributed by atoms with Gasteiger partial charge in [-0.05, 0) is 35.9 Å². The van der Waals surface area contributed by atoms with E-state index in [1.54, 1.807) is 4.90 Å². The molecule has 0 bridgehead atoms. The van der Waals surface area contributed by atoms with Gasteiger partial charge in [-0.15, -0.1) is 11.8 Å². The van der Waals surface area contributed by atoms with E-state index in [9.17, 15) is 9.59 Å². The highest BCUT2D eigenvalue weighted by Gasteiger charge is 2.60. The summed E-state index contributed by atoms with van der Waals surface area (Å²) in [6, 6.07) is 21.5. The lowest BCUT2D eigenvalue weighted by molar-refractivity contribution is -0.122. The third-order valence-corrected chi connectivity index (χ3v) is 6.55. The van der Waals surface area contributed by atoms with E-state index in [0.29, 0.717) is 0 Å². The molecule has 1 spiro atoms. The average Bonchev–Trinajstić information content (AvgIpc) is 3.09. The van der Waals surface area contributed by atoms with Crippen LogP contribution >= 0.6 is 11.8 Å². The van der Waals surface area contributed by atoms with E-state index in [2.05, 4.69) is 5.32 Å². The van der Waals surface area contributed by atoms with Gasteiger partial charge in [0.15, 0.2) is 0 Å². The van der Waals surface area contributed by atoms with Crippen LogP contribution in [0.4, 0.5) is 11.4 Å². The van der Waals surface area contributed by atoms with Crippen molar-refractivity contribution in [2.75, 3.05) is 10.2 Å². The fourth-order valence-corrected chi connectivity index (χ4v) is 5.36. The molecule has 0 radical (unpaired) electrons. The first-order chi connectivity index (χ1) is 12.6. The van der Waals surface area contributed by atoms with E-state index in [0.717, 1.165) is 27.7 Å². The average molecular weight is 360 g/mol. The summed E-state index contributed by atoms with van der Waals surface area (Å²) in [5.74, 6) is -0.202. The second-order valence-corrected chi connectivity index (χ2v) is 8.14. The fourth-order valence-electron chi connectivity index (χ4n) is 3.88. The normalized spacial score (nSPS) is 24.3. The third kappa shape index (κ3) is 1.92. The summed E-state index contributed by atoms with van der Waals surface area (Å²) in [5.41, 5.74) is 2.37. The van der Waals surface area contributed by atoms with E-state index in [1.165, 1.54) is 11.8 Å². The highest BCUT2D eigenvalue weighted by molar-refractivity contribution is 8.03. The van der Waals surface area contributed by atoms with Crippen LogP contribution in [-0.2, 0) is 14.5 Å². The molecule has 3 aromatic rings. The molecule has 5 rings (SSSR count). The Bertz CT molecular complexity index is 1080. The highest BCUT2D eigenvalue weighted by atomic mass is 32.2. The molecular weight excluding hydrogens is 344 g/mol. The van der Waals surface area contributed by atoms with E-state index in [4.69, 9.17) is 0 Å². The summed E-state index contributed by atoms with van der Waals surface area (Å²) in [4.78, 5) is 26.8. The van der Waals surface area contributed by atoms with Crippen molar-refractivity contribution >= 4 is 45.7 Å². The Morgan fingerprint density at radius 2 is 1.69 bits per heavy atom. The number of anilines is 2. The van der Waals surface area contributed by atoms with Gasteiger partial charge in [-0.3, -0.25) is 14.5 Å². The largest absolute Gasteiger partial charge is 0.323 e. The molecule has 2 heterocycles. The minimum absolute atomic E-state index is 0.0443. The predicted molar refractivity (Wildman–Crippen MR) is 105 cm³/mol. The number of carbonyl (C=O) groups excluding carboxylic acids is 2. The van der Waals surface area contributed by atoms with Crippen molar-refractivity contribution in [3.05, 3.63) is 72.3 Å². The number of hydrogen-bond acceptors (Lipinski definition) is 3. The first-order valence-corrected chi connectivity index (χ1v) is 9.41. The number of rotatable bonds is 1. The second kappa shape index (κ2) is 5.35. The van der Waals surface area contributed by atoms with E-state index >= 15 is 0 Å². The zero-order chi connectivity index (χ0) is 17.9. The number of carbonyl (C=O) groups is 2. The number of thioether (sulfide) groups is 1. The van der Waals surface area contributed by atoms with Gasteiger partial charge in [-0.1, -0.05) is 48.5 Å². The Kier molecular flexibility index (Phi) is 3.18. The van der Waals surface area contributed by atoms with Gasteiger partial charge >= 0.3 is 0 Å². The van der Waals surface area contributed by atoms with Crippen molar-refractivity contribution in [3.8, 4) is 0 Å². The summed E-state index contributed by atoms with van der Waals surface area (Å²) in [6.45, 7) is 1.87. The number of benzene rings is 3. The molecule has 3 aromatic carbocycles. The number of hydrogen-bond donors (Lipinski definition) is 1. The van der Waals surface area contributed by atoms with Gasteiger partial charge in [-0.25, -0.2) is 0 Å². The van der Waals surface area contributed by atoms with Crippen LogP contribution in [0.2, 0.25) is 0 Å². The first-order valence-electron chi connectivity index (χ1n) is 8.53. The maximum Gasteiger partial charge on any atom is 0.266 e. The van der Waals surface area contributed by atoms with Crippen molar-refractivity contribution in [3.63, 3.8) is 0 Å². The minimum Gasteiger partial charge on any atom is -0.323 e. The smallest absolute Gasteiger partial charge is 0.266 e. The molecular formula is C21H16N2O2S. The molecule has 0 saturated carbocycles. The Morgan fingerprint density at radius 3 is 2.54 bits per heavy atom. The van der Waals surface area contributed by atoms with E-state index < -0.39 is 4.87 Å². The molecule has 0 unspecified atom stereocenters. The summed E-state index contributed by atoms with van der Waals surface area (Å²) in [6.07, 6.45) is 0. The Morgan fingerprint density at radius 1 is 0.962 bits per heavy atom. The SMILES string of the molecule is C[C@@H]1S[C@@]2(C(=O)Nc3ccccc32)N(c2ccc3ccccc3c2)C1=O. The van der Waals surface area contributed by atoms with Gasteiger partial charge < -0.3 is 5.32 Å². The quantitative estimate of drug-likeness (QED) is 0.710. The lowest BCUT2D eigenvalue weighted by atomic mass is 10.0. The van der Waals surface area contributed by atoms with Gasteiger partial charge in [0.1, 0.15) is 0 Å². The monoisotopic (exact) mass is 360 g/mol. The van der Waals surface area contributed by atoms with Crippen LogP contribution in [0.1, 0.15) is 12.5 Å². The molecule has 1 N–H and O–H groups in total. The molecule has 2 aliphatic heterocycles. The van der Waals surface area contributed by atoms with Crippen LogP contribution in [0, 0.1) is 0 Å². The van der Waals surface area contributed by atoms with Gasteiger partial charge in [-0.2, -0.15) is 0 Å².